The first-order chi connectivity index (χ1) is 11.6. The number of allylic oxidation sites excluding steroid dienone is 2. The molecule has 0 spiro atoms. The van der Waals surface area contributed by atoms with Crippen LogP contribution in [0.3, 0.4) is 0 Å². The molecule has 124 valence electrons. The summed E-state index contributed by atoms with van der Waals surface area (Å²) in [6.45, 7) is -0.226. The summed E-state index contributed by atoms with van der Waals surface area (Å²) in [6, 6.07) is 6.89. The molecule has 0 unspecified atom stereocenters. The molecule has 1 saturated heterocycles. The van der Waals surface area contributed by atoms with E-state index in [1.54, 1.807) is 31.4 Å². The van der Waals surface area contributed by atoms with Gasteiger partial charge in [-0.15, -0.1) is 0 Å². The summed E-state index contributed by atoms with van der Waals surface area (Å²) in [5, 5.41) is 2.71. The predicted molar refractivity (Wildman–Crippen MR) is 86.1 cm³/mol. The minimum absolute atomic E-state index is 0.158. The maximum absolute atomic E-state index is 12.5. The van der Waals surface area contributed by atoms with E-state index in [1.165, 1.54) is 0 Å². The molecule has 3 amide bonds. The molecule has 4 atom stereocenters. The van der Waals surface area contributed by atoms with Gasteiger partial charge in [0.2, 0.25) is 17.7 Å². The lowest BCUT2D eigenvalue weighted by atomic mass is 9.85. The summed E-state index contributed by atoms with van der Waals surface area (Å²) in [4.78, 5) is 38.4. The number of methoxy groups -OCH3 is 1. The highest BCUT2D eigenvalue weighted by atomic mass is 16.5. The molecule has 1 heterocycles. The van der Waals surface area contributed by atoms with Gasteiger partial charge in [-0.25, -0.2) is 0 Å². The molecule has 0 radical (unpaired) electrons. The van der Waals surface area contributed by atoms with Crippen molar-refractivity contribution in [1.29, 1.82) is 0 Å². The van der Waals surface area contributed by atoms with Gasteiger partial charge in [0.1, 0.15) is 12.3 Å². The molecule has 6 nitrogen and oxygen atoms in total. The van der Waals surface area contributed by atoms with Crippen molar-refractivity contribution in [3.05, 3.63) is 36.4 Å². The molecule has 2 bridgehead atoms. The summed E-state index contributed by atoms with van der Waals surface area (Å²) >= 11 is 0. The van der Waals surface area contributed by atoms with Crippen LogP contribution in [0, 0.1) is 23.7 Å². The molecule has 4 rings (SSSR count). The Morgan fingerprint density at radius 2 is 1.71 bits per heavy atom. The SMILES string of the molecule is COc1ccc(NC(=O)CN2C(=O)[C@@H]3[C@H](C2=O)[C@H]2C=C[C@H]3C2)cc1. The Kier molecular flexibility index (Phi) is 3.40. The number of carbonyl (C=O) groups excluding carboxylic acids is 3. The van der Waals surface area contributed by atoms with Crippen LogP contribution in [0.5, 0.6) is 5.75 Å². The minimum Gasteiger partial charge on any atom is -0.497 e. The van der Waals surface area contributed by atoms with Gasteiger partial charge >= 0.3 is 0 Å². The van der Waals surface area contributed by atoms with E-state index in [1.807, 2.05) is 12.2 Å². The average Bonchev–Trinajstić information content (AvgIpc) is 3.25. The molecule has 1 aliphatic heterocycles. The molecule has 0 aromatic heterocycles. The molecule has 24 heavy (non-hydrogen) atoms. The van der Waals surface area contributed by atoms with Gasteiger partial charge in [-0.2, -0.15) is 0 Å². The van der Waals surface area contributed by atoms with Gasteiger partial charge in [-0.05, 0) is 42.5 Å². The number of ether oxygens (including phenoxy) is 1. The highest BCUT2D eigenvalue weighted by Gasteiger charge is 2.59. The Morgan fingerprint density at radius 1 is 1.12 bits per heavy atom. The molecule has 3 aliphatic rings. The van der Waals surface area contributed by atoms with Crippen LogP contribution < -0.4 is 10.1 Å². The van der Waals surface area contributed by atoms with Gasteiger partial charge in [0.15, 0.2) is 0 Å². The minimum atomic E-state index is -0.373. The average molecular weight is 326 g/mol. The molecule has 1 aromatic rings. The van der Waals surface area contributed by atoms with Crippen molar-refractivity contribution in [3.8, 4) is 5.75 Å². The molecule has 1 N–H and O–H groups in total. The molecule has 1 saturated carbocycles. The van der Waals surface area contributed by atoms with Crippen molar-refractivity contribution in [2.24, 2.45) is 23.7 Å². The zero-order chi connectivity index (χ0) is 16.8. The van der Waals surface area contributed by atoms with Crippen LogP contribution in [-0.2, 0) is 14.4 Å². The lowest BCUT2D eigenvalue weighted by molar-refractivity contribution is -0.143. The fourth-order valence-electron chi connectivity index (χ4n) is 4.14. The van der Waals surface area contributed by atoms with Crippen LogP contribution in [0.15, 0.2) is 36.4 Å². The van der Waals surface area contributed by atoms with Gasteiger partial charge in [0.25, 0.3) is 0 Å². The molecular weight excluding hydrogens is 308 g/mol. The van der Waals surface area contributed by atoms with Gasteiger partial charge in [0, 0.05) is 5.69 Å². The van der Waals surface area contributed by atoms with E-state index in [4.69, 9.17) is 4.74 Å². The molecule has 1 aromatic carbocycles. The van der Waals surface area contributed by atoms with E-state index in [9.17, 15) is 14.4 Å². The lowest BCUT2D eigenvalue weighted by Crippen LogP contribution is -2.39. The molecule has 2 aliphatic carbocycles. The number of nitrogens with zero attached hydrogens (tertiary/aromatic N) is 1. The first-order valence-electron chi connectivity index (χ1n) is 8.06. The Balaban J connectivity index is 1.43. The third kappa shape index (κ3) is 2.21. The summed E-state index contributed by atoms with van der Waals surface area (Å²) in [5.41, 5.74) is 0.599. The first kappa shape index (κ1) is 14.9. The summed E-state index contributed by atoms with van der Waals surface area (Å²) in [5.74, 6) is -0.297. The van der Waals surface area contributed by atoms with Crippen molar-refractivity contribution < 1.29 is 19.1 Å². The molecule has 6 heteroatoms. The number of hydrogen-bond donors (Lipinski definition) is 1. The van der Waals surface area contributed by atoms with Crippen LogP contribution in [0.1, 0.15) is 6.42 Å². The quantitative estimate of drug-likeness (QED) is 0.671. The topological polar surface area (TPSA) is 75.7 Å². The van der Waals surface area contributed by atoms with E-state index in [-0.39, 0.29) is 47.9 Å². The third-order valence-electron chi connectivity index (χ3n) is 5.24. The van der Waals surface area contributed by atoms with Crippen molar-refractivity contribution >= 4 is 23.4 Å². The van der Waals surface area contributed by atoms with Gasteiger partial charge in [0.05, 0.1) is 18.9 Å². The maximum atomic E-state index is 12.5. The largest absolute Gasteiger partial charge is 0.497 e. The monoisotopic (exact) mass is 326 g/mol. The van der Waals surface area contributed by atoms with Gasteiger partial charge in [-0.1, -0.05) is 12.2 Å². The predicted octanol–water partition coefficient (Wildman–Crippen LogP) is 1.44. The van der Waals surface area contributed by atoms with Crippen LogP contribution >= 0.6 is 0 Å². The number of amides is 3. The number of fused-ring (bicyclic) bond motifs is 5. The van der Waals surface area contributed by atoms with Gasteiger partial charge < -0.3 is 10.1 Å². The summed E-state index contributed by atoms with van der Waals surface area (Å²) < 4.78 is 5.06. The number of hydrogen-bond acceptors (Lipinski definition) is 4. The zero-order valence-corrected chi connectivity index (χ0v) is 13.3. The number of benzene rings is 1. The Bertz CT molecular complexity index is 710. The van der Waals surface area contributed by atoms with E-state index in [2.05, 4.69) is 5.32 Å². The van der Waals surface area contributed by atoms with Crippen LogP contribution in [0.25, 0.3) is 0 Å². The van der Waals surface area contributed by atoms with E-state index in [0.29, 0.717) is 11.4 Å². The summed E-state index contributed by atoms with van der Waals surface area (Å²) in [6.07, 6.45) is 4.97. The number of rotatable bonds is 4. The van der Waals surface area contributed by atoms with Crippen molar-refractivity contribution in [3.63, 3.8) is 0 Å². The highest BCUT2D eigenvalue weighted by molar-refractivity contribution is 6.09. The van der Waals surface area contributed by atoms with E-state index < -0.39 is 0 Å². The second-order valence-corrected chi connectivity index (χ2v) is 6.54. The second kappa shape index (κ2) is 5.47. The number of imide groups is 1. The zero-order valence-electron chi connectivity index (χ0n) is 13.3. The number of nitrogens with one attached hydrogen (secondary N) is 1. The Morgan fingerprint density at radius 3 is 2.25 bits per heavy atom. The fourth-order valence-corrected chi connectivity index (χ4v) is 4.14. The van der Waals surface area contributed by atoms with Crippen LogP contribution in [0.4, 0.5) is 5.69 Å². The Hall–Kier alpha value is -2.63. The number of carbonyl (C=O) groups is 3. The first-order valence-corrected chi connectivity index (χ1v) is 8.06. The second-order valence-electron chi connectivity index (χ2n) is 6.54. The van der Waals surface area contributed by atoms with Crippen molar-refractivity contribution in [1.82, 2.24) is 4.90 Å². The smallest absolute Gasteiger partial charge is 0.244 e. The van der Waals surface area contributed by atoms with Crippen molar-refractivity contribution in [2.45, 2.75) is 6.42 Å². The van der Waals surface area contributed by atoms with Gasteiger partial charge in [-0.3, -0.25) is 19.3 Å². The van der Waals surface area contributed by atoms with Crippen molar-refractivity contribution in [2.75, 3.05) is 19.0 Å². The third-order valence-corrected chi connectivity index (χ3v) is 5.24. The fraction of sp³-hybridized carbons (Fsp3) is 0.389. The lowest BCUT2D eigenvalue weighted by Gasteiger charge is -2.16. The Labute approximate surface area is 139 Å². The normalized spacial score (nSPS) is 30.0. The maximum Gasteiger partial charge on any atom is 0.244 e. The highest BCUT2D eigenvalue weighted by Crippen LogP contribution is 2.52. The number of anilines is 1. The molecular formula is C18H18N2O4. The van der Waals surface area contributed by atoms with Crippen LogP contribution in [-0.4, -0.2) is 36.3 Å². The summed E-state index contributed by atoms with van der Waals surface area (Å²) in [7, 11) is 1.57. The standard InChI is InChI=1S/C18H18N2O4/c1-24-13-6-4-12(5-7-13)19-14(21)9-20-17(22)15-10-2-3-11(8-10)16(15)18(20)23/h2-7,10-11,15-16H,8-9H2,1H3,(H,19,21)/t10-,11-,15-,16+/m0/s1. The van der Waals surface area contributed by atoms with E-state index >= 15 is 0 Å². The van der Waals surface area contributed by atoms with E-state index in [0.717, 1.165) is 11.3 Å². The number of likely N-dealkylation sites (tertiary alicyclic amines) is 1. The van der Waals surface area contributed by atoms with Crippen LogP contribution in [0.2, 0.25) is 0 Å². The molecule has 2 fully saturated rings.